The summed E-state index contributed by atoms with van der Waals surface area (Å²) in [7, 11) is -2.80. The number of benzene rings is 3. The van der Waals surface area contributed by atoms with Gasteiger partial charge in [0.2, 0.25) is 0 Å². The number of rotatable bonds is 12. The Morgan fingerprint density at radius 1 is 0.941 bits per heavy atom. The Labute approximate surface area is 311 Å². The van der Waals surface area contributed by atoms with E-state index in [-0.39, 0.29) is 43.0 Å². The first kappa shape index (κ1) is 36.4. The maximum absolute atomic E-state index is 13.1. The Morgan fingerprint density at radius 3 is 2.24 bits per heavy atom. The van der Waals surface area contributed by atoms with E-state index in [1.807, 2.05) is 36.4 Å². The van der Waals surface area contributed by atoms with Crippen LogP contribution in [0, 0.1) is 0 Å². The molecule has 2 N–H and O–H groups in total. The van der Waals surface area contributed by atoms with Crippen LogP contribution in [-0.4, -0.2) is 57.7 Å². The van der Waals surface area contributed by atoms with Crippen LogP contribution in [-0.2, 0) is 9.16 Å². The molecular formula is C38H37Cl2N3O6SSi. The lowest BCUT2D eigenvalue weighted by molar-refractivity contribution is 0.0920. The van der Waals surface area contributed by atoms with Gasteiger partial charge in [0.1, 0.15) is 12.7 Å². The van der Waals surface area contributed by atoms with Gasteiger partial charge in [-0.1, -0.05) is 111 Å². The van der Waals surface area contributed by atoms with Crippen LogP contribution in [0.1, 0.15) is 30.4 Å². The molecule has 0 aliphatic carbocycles. The molecule has 1 fully saturated rings. The highest BCUT2D eigenvalue weighted by atomic mass is 35.5. The number of H-pyrrole nitrogens is 1. The fourth-order valence-electron chi connectivity index (χ4n) is 6.38. The molecule has 5 aromatic rings. The minimum absolute atomic E-state index is 0.113. The van der Waals surface area contributed by atoms with Gasteiger partial charge in [-0.3, -0.25) is 14.5 Å². The first-order chi connectivity index (χ1) is 24.5. The number of nitrogens with one attached hydrogen (secondary N) is 2. The Hall–Kier alpha value is -4.39. The number of nitrogens with zero attached hydrogens (tertiary/aromatic N) is 1. The molecule has 3 heterocycles. The van der Waals surface area contributed by atoms with Gasteiger partial charge < -0.3 is 24.2 Å². The van der Waals surface area contributed by atoms with Crippen LogP contribution >= 0.6 is 34.5 Å². The Balaban J connectivity index is 1.16. The zero-order valence-electron chi connectivity index (χ0n) is 28.3. The number of ether oxygens (including phenoxy) is 2. The number of pyridine rings is 1. The van der Waals surface area contributed by atoms with Crippen LogP contribution < -0.4 is 30.9 Å². The van der Waals surface area contributed by atoms with Crippen molar-refractivity contribution in [1.82, 2.24) is 10.3 Å². The summed E-state index contributed by atoms with van der Waals surface area (Å²) >= 11 is 13.9. The maximum Gasteiger partial charge on any atom is 0.414 e. The molecular weight excluding hydrogens is 725 g/mol. The molecule has 0 radical (unpaired) electrons. The zero-order valence-corrected chi connectivity index (χ0v) is 31.6. The smallest absolute Gasteiger partial charge is 0.414 e. The van der Waals surface area contributed by atoms with Gasteiger partial charge in [0.15, 0.2) is 5.75 Å². The molecule has 264 valence electrons. The first-order valence-electron chi connectivity index (χ1n) is 16.4. The van der Waals surface area contributed by atoms with Gasteiger partial charge in [-0.25, -0.2) is 4.79 Å². The zero-order chi connectivity index (χ0) is 36.2. The van der Waals surface area contributed by atoms with Crippen LogP contribution in [0.2, 0.25) is 14.4 Å². The fourth-order valence-corrected chi connectivity index (χ4v) is 12.2. The molecule has 0 bridgehead atoms. The molecule has 3 aromatic carbocycles. The van der Waals surface area contributed by atoms with Crippen molar-refractivity contribution < 1.29 is 23.5 Å². The van der Waals surface area contributed by atoms with Gasteiger partial charge in [-0.2, -0.15) is 0 Å². The summed E-state index contributed by atoms with van der Waals surface area (Å²) in [6, 6.07) is 30.8. The summed E-state index contributed by atoms with van der Waals surface area (Å²) in [4.78, 5) is 43.0. The number of hydrogen-bond donors (Lipinski definition) is 2. The molecule has 0 spiro atoms. The minimum Gasteiger partial charge on any atom is -0.485 e. The van der Waals surface area contributed by atoms with Crippen molar-refractivity contribution in [3.8, 4) is 16.9 Å². The van der Waals surface area contributed by atoms with E-state index >= 15 is 0 Å². The molecule has 0 saturated carbocycles. The molecule has 1 aliphatic heterocycles. The summed E-state index contributed by atoms with van der Waals surface area (Å²) < 4.78 is 19.1. The number of anilines is 1. The van der Waals surface area contributed by atoms with Crippen LogP contribution in [0.15, 0.2) is 108 Å². The van der Waals surface area contributed by atoms with Crippen molar-refractivity contribution in [3.63, 3.8) is 0 Å². The molecule has 1 saturated heterocycles. The fraction of sp³-hybridized carbons (Fsp3) is 0.237. The van der Waals surface area contributed by atoms with E-state index in [0.717, 1.165) is 10.4 Å². The Kier molecular flexibility index (Phi) is 11.0. The van der Waals surface area contributed by atoms with E-state index in [0.29, 0.717) is 31.1 Å². The monoisotopic (exact) mass is 761 g/mol. The second-order valence-electron chi connectivity index (χ2n) is 13.0. The van der Waals surface area contributed by atoms with Gasteiger partial charge in [-0.15, -0.1) is 11.3 Å². The van der Waals surface area contributed by atoms with Crippen molar-refractivity contribution in [3.05, 3.63) is 128 Å². The molecule has 0 unspecified atom stereocenters. The second-order valence-corrected chi connectivity index (χ2v) is 19.4. The van der Waals surface area contributed by atoms with Crippen molar-refractivity contribution in [2.24, 2.45) is 0 Å². The summed E-state index contributed by atoms with van der Waals surface area (Å²) in [5, 5.41) is 5.18. The molecule has 1 atom stereocenters. The highest BCUT2D eigenvalue weighted by molar-refractivity contribution is 7.18. The number of carbonyl (C=O) groups is 2. The van der Waals surface area contributed by atoms with Crippen molar-refractivity contribution in [2.75, 3.05) is 31.2 Å². The Morgan fingerprint density at radius 2 is 1.63 bits per heavy atom. The third-order valence-corrected chi connectivity index (χ3v) is 15.3. The van der Waals surface area contributed by atoms with E-state index in [1.165, 1.54) is 22.4 Å². The largest absolute Gasteiger partial charge is 0.485 e. The predicted molar refractivity (Wildman–Crippen MR) is 206 cm³/mol. The topological polar surface area (TPSA) is 110 Å². The van der Waals surface area contributed by atoms with Crippen LogP contribution in [0.4, 0.5) is 10.5 Å². The van der Waals surface area contributed by atoms with Crippen LogP contribution in [0.25, 0.3) is 11.1 Å². The number of hydrogen-bond acceptors (Lipinski definition) is 7. The molecule has 1 aliphatic rings. The minimum atomic E-state index is -2.80. The number of halogens is 2. The number of aromatic nitrogens is 1. The normalized spacial score (nSPS) is 14.7. The quantitative estimate of drug-likeness (QED) is 0.104. The van der Waals surface area contributed by atoms with Crippen LogP contribution in [0.3, 0.4) is 0 Å². The van der Waals surface area contributed by atoms with Gasteiger partial charge in [0, 0.05) is 23.0 Å². The van der Waals surface area contributed by atoms with Gasteiger partial charge in [0.25, 0.3) is 19.8 Å². The summed E-state index contributed by atoms with van der Waals surface area (Å²) in [6.45, 7) is 7.32. The average Bonchev–Trinajstić information content (AvgIpc) is 3.73. The number of amides is 2. The SMILES string of the molecule is CC(C)(C)[Si](OCCOc1c(-c2ccc(N3C[C@H](CNC(=O)c4ccc(Cl)s4)OC3=O)cc2Cl)cc[nH]c1=O)(c1ccccc1)c1ccccc1. The van der Waals surface area contributed by atoms with E-state index < -0.39 is 26.1 Å². The lowest BCUT2D eigenvalue weighted by Gasteiger charge is -2.43. The van der Waals surface area contributed by atoms with E-state index in [2.05, 4.69) is 55.3 Å². The van der Waals surface area contributed by atoms with Crippen molar-refractivity contribution in [1.29, 1.82) is 0 Å². The first-order valence-corrected chi connectivity index (χ1v) is 19.9. The molecule has 2 amide bonds. The molecule has 13 heteroatoms. The highest BCUT2D eigenvalue weighted by Gasteiger charge is 2.50. The number of cyclic esters (lactones) is 1. The van der Waals surface area contributed by atoms with Crippen molar-refractivity contribution >= 4 is 70.9 Å². The molecule has 9 nitrogen and oxygen atoms in total. The summed E-state index contributed by atoms with van der Waals surface area (Å²) in [5.74, 6) is -0.180. The molecule has 51 heavy (non-hydrogen) atoms. The average molecular weight is 763 g/mol. The third kappa shape index (κ3) is 7.78. The van der Waals surface area contributed by atoms with Gasteiger partial charge in [-0.05, 0) is 45.7 Å². The lowest BCUT2D eigenvalue weighted by atomic mass is 10.1. The molecule has 6 rings (SSSR count). The predicted octanol–water partition coefficient (Wildman–Crippen LogP) is 7.12. The van der Waals surface area contributed by atoms with Crippen molar-refractivity contribution in [2.45, 2.75) is 31.9 Å². The lowest BCUT2D eigenvalue weighted by Crippen LogP contribution is -2.66. The van der Waals surface area contributed by atoms with Gasteiger partial charge in [0.05, 0.1) is 33.9 Å². The van der Waals surface area contributed by atoms with Gasteiger partial charge >= 0.3 is 6.09 Å². The number of aromatic amines is 1. The van der Waals surface area contributed by atoms with E-state index in [4.69, 9.17) is 37.1 Å². The summed E-state index contributed by atoms with van der Waals surface area (Å²) in [5.41, 5.74) is 1.16. The number of carbonyl (C=O) groups excluding carboxylic acids is 2. The maximum atomic E-state index is 13.1. The highest BCUT2D eigenvalue weighted by Crippen LogP contribution is 2.38. The Bertz CT molecular complexity index is 2030. The second kappa shape index (κ2) is 15.5. The van der Waals surface area contributed by atoms with E-state index in [9.17, 15) is 14.4 Å². The third-order valence-electron chi connectivity index (χ3n) is 8.70. The standard InChI is InChI=1S/C38H37Cl2N3O6SSi/c1-38(2,3)51(27-10-6-4-7-11-27,28-12-8-5-9-13-28)48-21-20-47-34-30(18-19-41-36(34)45)29-15-14-25(22-31(29)39)43-24-26(49-37(43)46)23-42-35(44)32-16-17-33(40)50-32/h4-19,22,26H,20-21,23-24H2,1-3H3,(H,41,45)(H,42,44)/t26-/m0/s1. The summed E-state index contributed by atoms with van der Waals surface area (Å²) in [6.07, 6.45) is 0.418. The van der Waals surface area contributed by atoms with Crippen LogP contribution in [0.5, 0.6) is 5.75 Å². The van der Waals surface area contributed by atoms with E-state index in [1.54, 1.807) is 36.4 Å². The number of thiophene rings is 1. The molecule has 2 aromatic heterocycles.